The lowest BCUT2D eigenvalue weighted by Crippen LogP contribution is -2.38. The molecule has 1 amide bonds. The molecule has 3 N–H and O–H groups in total. The first kappa shape index (κ1) is 24.6. The molecule has 1 unspecified atom stereocenters. The van der Waals surface area contributed by atoms with E-state index in [4.69, 9.17) is 14.6 Å². The van der Waals surface area contributed by atoms with Crippen molar-refractivity contribution in [2.75, 3.05) is 20.2 Å². The Kier molecular flexibility index (Phi) is 7.66. The van der Waals surface area contributed by atoms with Gasteiger partial charge in [0, 0.05) is 37.5 Å². The van der Waals surface area contributed by atoms with E-state index in [1.165, 1.54) is 20.9 Å². The van der Waals surface area contributed by atoms with Crippen molar-refractivity contribution >= 4 is 28.9 Å². The topological polar surface area (TPSA) is 105 Å². The number of thiophene rings is 1. The van der Waals surface area contributed by atoms with Crippen molar-refractivity contribution in [3.05, 3.63) is 57.4 Å². The SMILES string of the molecule is COCc1cn2cc(C(=O)NCC3NCCc4sccc43)cc(F)c2n1.O=C(O)C(F)(F)F. The van der Waals surface area contributed by atoms with Gasteiger partial charge in [0.2, 0.25) is 0 Å². The molecular weight excluding hydrogens is 468 g/mol. The molecule has 8 nitrogen and oxygen atoms in total. The Morgan fingerprint density at radius 3 is 2.79 bits per heavy atom. The summed E-state index contributed by atoms with van der Waals surface area (Å²) in [5, 5.41) is 15.5. The highest BCUT2D eigenvalue weighted by atomic mass is 32.1. The van der Waals surface area contributed by atoms with Crippen molar-refractivity contribution in [2.24, 2.45) is 0 Å². The lowest BCUT2D eigenvalue weighted by molar-refractivity contribution is -0.192. The predicted molar refractivity (Wildman–Crippen MR) is 111 cm³/mol. The number of aromatic nitrogens is 2. The van der Waals surface area contributed by atoms with E-state index in [9.17, 15) is 22.4 Å². The number of aliphatic carboxylic acids is 1. The van der Waals surface area contributed by atoms with Crippen molar-refractivity contribution in [1.29, 1.82) is 0 Å². The lowest BCUT2D eigenvalue weighted by atomic mass is 10.0. The van der Waals surface area contributed by atoms with E-state index < -0.39 is 18.0 Å². The number of hydrogen-bond donors (Lipinski definition) is 3. The molecule has 0 radical (unpaired) electrons. The molecule has 13 heteroatoms. The molecule has 0 aromatic carbocycles. The summed E-state index contributed by atoms with van der Waals surface area (Å²) in [7, 11) is 1.55. The normalized spacial score (nSPS) is 15.5. The molecule has 178 valence electrons. The average Bonchev–Trinajstić information content (AvgIpc) is 3.39. The number of carbonyl (C=O) groups is 2. The molecule has 1 aliphatic heterocycles. The van der Waals surface area contributed by atoms with Crippen LogP contribution in [-0.4, -0.2) is 52.7 Å². The van der Waals surface area contributed by atoms with Crippen molar-refractivity contribution in [3.8, 4) is 0 Å². The monoisotopic (exact) mass is 488 g/mol. The number of ether oxygens (including phenoxy) is 1. The number of pyridine rings is 1. The van der Waals surface area contributed by atoms with Gasteiger partial charge in [-0.05, 0) is 29.5 Å². The molecule has 1 aliphatic rings. The van der Waals surface area contributed by atoms with Crippen molar-refractivity contribution in [1.82, 2.24) is 20.0 Å². The molecule has 0 bridgehead atoms. The fraction of sp³-hybridized carbons (Fsp3) is 0.350. The van der Waals surface area contributed by atoms with Gasteiger partial charge in [-0.1, -0.05) is 0 Å². The Labute approximate surface area is 189 Å². The highest BCUT2D eigenvalue weighted by Crippen LogP contribution is 2.27. The summed E-state index contributed by atoms with van der Waals surface area (Å²) >= 11 is 1.75. The number of carbonyl (C=O) groups excluding carboxylic acids is 1. The van der Waals surface area contributed by atoms with Crippen LogP contribution in [0.5, 0.6) is 0 Å². The van der Waals surface area contributed by atoms with Crippen LogP contribution in [0.1, 0.15) is 32.5 Å². The van der Waals surface area contributed by atoms with E-state index in [0.717, 1.165) is 13.0 Å². The van der Waals surface area contributed by atoms with E-state index in [0.29, 0.717) is 18.8 Å². The van der Waals surface area contributed by atoms with E-state index in [2.05, 4.69) is 27.1 Å². The van der Waals surface area contributed by atoms with Gasteiger partial charge in [0.05, 0.1) is 23.9 Å². The number of fused-ring (bicyclic) bond motifs is 2. The number of imidazole rings is 1. The first-order valence-electron chi connectivity index (χ1n) is 9.64. The minimum atomic E-state index is -5.08. The molecule has 0 saturated heterocycles. The van der Waals surface area contributed by atoms with Crippen LogP contribution in [0.25, 0.3) is 5.65 Å². The molecule has 0 saturated carbocycles. The number of nitrogens with zero attached hydrogens (tertiary/aromatic N) is 2. The third kappa shape index (κ3) is 6.06. The van der Waals surface area contributed by atoms with Crippen LogP contribution in [0.2, 0.25) is 0 Å². The highest BCUT2D eigenvalue weighted by molar-refractivity contribution is 7.10. The van der Waals surface area contributed by atoms with E-state index in [1.54, 1.807) is 30.8 Å². The van der Waals surface area contributed by atoms with Crippen molar-refractivity contribution in [2.45, 2.75) is 25.2 Å². The minimum Gasteiger partial charge on any atom is -0.475 e. The van der Waals surface area contributed by atoms with Crippen LogP contribution < -0.4 is 10.6 Å². The Morgan fingerprint density at radius 1 is 1.39 bits per heavy atom. The molecule has 33 heavy (non-hydrogen) atoms. The number of alkyl halides is 3. The van der Waals surface area contributed by atoms with Crippen LogP contribution in [0.3, 0.4) is 0 Å². The first-order valence-corrected chi connectivity index (χ1v) is 10.5. The van der Waals surface area contributed by atoms with Gasteiger partial charge in [-0.15, -0.1) is 11.3 Å². The van der Waals surface area contributed by atoms with Crippen LogP contribution >= 0.6 is 11.3 Å². The number of carboxylic acid groups (broad SMARTS) is 1. The van der Waals surface area contributed by atoms with Gasteiger partial charge in [-0.25, -0.2) is 14.2 Å². The van der Waals surface area contributed by atoms with Crippen LogP contribution in [0, 0.1) is 5.82 Å². The molecule has 3 aromatic rings. The zero-order chi connectivity index (χ0) is 24.2. The molecule has 3 aromatic heterocycles. The summed E-state index contributed by atoms with van der Waals surface area (Å²) in [6, 6.07) is 3.40. The Bertz CT molecular complexity index is 1140. The largest absolute Gasteiger partial charge is 0.490 e. The van der Waals surface area contributed by atoms with Crippen LogP contribution in [0.4, 0.5) is 17.6 Å². The third-order valence-electron chi connectivity index (χ3n) is 4.72. The summed E-state index contributed by atoms with van der Waals surface area (Å²) in [4.78, 5) is 26.9. The van der Waals surface area contributed by atoms with E-state index >= 15 is 0 Å². The van der Waals surface area contributed by atoms with E-state index in [1.807, 2.05) is 0 Å². The van der Waals surface area contributed by atoms with Crippen molar-refractivity contribution in [3.63, 3.8) is 0 Å². The van der Waals surface area contributed by atoms with Crippen molar-refractivity contribution < 1.29 is 37.0 Å². The molecule has 4 heterocycles. The quantitative estimate of drug-likeness (QED) is 0.477. The zero-order valence-electron chi connectivity index (χ0n) is 17.3. The Morgan fingerprint density at radius 2 is 2.12 bits per heavy atom. The standard InChI is InChI=1S/C18H19FN4O2S.C2HF3O2/c1-25-10-12-9-23-8-11(6-14(19)17(23)22-12)18(24)21-7-15-13-3-5-26-16(13)2-4-20-15;3-2(4,5)1(6)7/h3,5-6,8-9,15,20H,2,4,7,10H2,1H3,(H,21,24);(H,6,7). The molecule has 0 spiro atoms. The number of methoxy groups -OCH3 is 1. The maximum Gasteiger partial charge on any atom is 0.490 e. The lowest BCUT2D eigenvalue weighted by Gasteiger charge is -2.24. The minimum absolute atomic E-state index is 0.0871. The molecular formula is C20H20F4N4O4S. The summed E-state index contributed by atoms with van der Waals surface area (Å²) in [5.41, 5.74) is 2.30. The third-order valence-corrected chi connectivity index (χ3v) is 5.71. The Hall–Kier alpha value is -3.03. The van der Waals surface area contributed by atoms with Crippen LogP contribution in [-0.2, 0) is 22.6 Å². The van der Waals surface area contributed by atoms with Gasteiger partial charge in [0.1, 0.15) is 0 Å². The molecule has 0 fully saturated rings. The fourth-order valence-corrected chi connectivity index (χ4v) is 4.21. The van der Waals surface area contributed by atoms with Gasteiger partial charge >= 0.3 is 12.1 Å². The maximum atomic E-state index is 14.3. The Balaban J connectivity index is 0.000000383. The smallest absolute Gasteiger partial charge is 0.475 e. The molecule has 0 aliphatic carbocycles. The fourth-order valence-electron chi connectivity index (χ4n) is 3.26. The summed E-state index contributed by atoms with van der Waals surface area (Å²) in [6.07, 6.45) is -0.812. The van der Waals surface area contributed by atoms with Gasteiger partial charge < -0.3 is 24.9 Å². The average molecular weight is 488 g/mol. The summed E-state index contributed by atoms with van der Waals surface area (Å²) in [5.74, 6) is -3.60. The second-order valence-corrected chi connectivity index (χ2v) is 8.04. The van der Waals surface area contributed by atoms with Crippen LogP contribution in [0.15, 0.2) is 29.9 Å². The number of hydrogen-bond acceptors (Lipinski definition) is 6. The predicted octanol–water partition coefficient (Wildman–Crippen LogP) is 2.93. The summed E-state index contributed by atoms with van der Waals surface area (Å²) in [6.45, 7) is 1.64. The number of carboxylic acids is 1. The van der Waals surface area contributed by atoms with Gasteiger partial charge in [0.15, 0.2) is 11.5 Å². The maximum absolute atomic E-state index is 14.3. The molecule has 1 atom stereocenters. The number of nitrogens with one attached hydrogen (secondary N) is 2. The zero-order valence-corrected chi connectivity index (χ0v) is 18.1. The van der Waals surface area contributed by atoms with Gasteiger partial charge in [-0.2, -0.15) is 13.2 Å². The second kappa shape index (κ2) is 10.3. The number of rotatable bonds is 5. The van der Waals surface area contributed by atoms with Gasteiger partial charge in [-0.3, -0.25) is 4.79 Å². The van der Waals surface area contributed by atoms with Gasteiger partial charge in [0.25, 0.3) is 5.91 Å². The first-order chi connectivity index (χ1) is 15.6. The highest BCUT2D eigenvalue weighted by Gasteiger charge is 2.38. The number of halogens is 4. The molecule has 4 rings (SSSR count). The second-order valence-electron chi connectivity index (χ2n) is 7.04. The number of amides is 1. The summed E-state index contributed by atoms with van der Waals surface area (Å²) < 4.78 is 52.6. The van der Waals surface area contributed by atoms with E-state index in [-0.39, 0.29) is 23.2 Å².